The predicted molar refractivity (Wildman–Crippen MR) is 208 cm³/mol. The van der Waals surface area contributed by atoms with Crippen molar-refractivity contribution in [3.63, 3.8) is 0 Å². The smallest absolute Gasteiger partial charge is 0.338 e. The van der Waals surface area contributed by atoms with Crippen LogP contribution >= 0.6 is 0 Å². The number of hydrogen-bond acceptors (Lipinski definition) is 7. The number of aliphatic hydroxyl groups excluding tert-OH is 1. The Morgan fingerprint density at radius 2 is 1.65 bits per heavy atom. The van der Waals surface area contributed by atoms with Crippen molar-refractivity contribution in [3.05, 3.63) is 112 Å². The number of benzene rings is 3. The highest BCUT2D eigenvalue weighted by Gasteiger charge is 2.46. The zero-order valence-corrected chi connectivity index (χ0v) is 33.2. The maximum atomic E-state index is 13.5. The molecule has 10 heteroatoms. The number of nitrogens with one attached hydrogen (secondary N) is 1. The molecule has 9 nitrogen and oxygen atoms in total. The van der Waals surface area contributed by atoms with Gasteiger partial charge in [-0.25, -0.2) is 18.3 Å². The molecule has 0 aliphatic carbocycles. The lowest BCUT2D eigenvalue weighted by molar-refractivity contribution is -0.169. The fourth-order valence-corrected chi connectivity index (χ4v) is 7.48. The minimum atomic E-state index is -3.46. The van der Waals surface area contributed by atoms with Gasteiger partial charge >= 0.3 is 5.97 Å². The number of esters is 1. The Hall–Kier alpha value is -4.15. The third-order valence-corrected chi connectivity index (χ3v) is 10.1. The van der Waals surface area contributed by atoms with Crippen molar-refractivity contribution < 1.29 is 32.7 Å². The van der Waals surface area contributed by atoms with Gasteiger partial charge in [-0.3, -0.25) is 14.4 Å². The van der Waals surface area contributed by atoms with Crippen LogP contribution in [0.2, 0.25) is 0 Å². The highest BCUT2D eigenvalue weighted by Crippen LogP contribution is 2.47. The van der Waals surface area contributed by atoms with Gasteiger partial charge in [-0.2, -0.15) is 0 Å². The SMILES string of the molecule is CCC[C@]1(CCc2ccccc2)CC(O)=C([C@H](c2cccc(NS(C)(=O)=O)c2)C(C)(C)C)C(=O)O1.CC[C@H](CC(=O)N(C)OC)c1cccc(C)c1. The van der Waals surface area contributed by atoms with Crippen molar-refractivity contribution in [2.45, 2.75) is 104 Å². The molecule has 1 aliphatic rings. The largest absolute Gasteiger partial charge is 0.512 e. The van der Waals surface area contributed by atoms with E-state index in [0.717, 1.165) is 36.6 Å². The average molecular weight is 735 g/mol. The Morgan fingerprint density at radius 3 is 2.21 bits per heavy atom. The van der Waals surface area contributed by atoms with Crippen LogP contribution in [0.25, 0.3) is 0 Å². The molecule has 0 radical (unpaired) electrons. The number of cyclic esters (lactones) is 1. The molecule has 0 bridgehead atoms. The maximum Gasteiger partial charge on any atom is 0.338 e. The summed E-state index contributed by atoms with van der Waals surface area (Å²) in [6.07, 6.45) is 5.67. The molecule has 2 N–H and O–H groups in total. The van der Waals surface area contributed by atoms with E-state index >= 15 is 0 Å². The van der Waals surface area contributed by atoms with Gasteiger partial charge in [0.25, 0.3) is 0 Å². The van der Waals surface area contributed by atoms with Crippen molar-refractivity contribution in [1.29, 1.82) is 0 Å². The molecule has 1 heterocycles. The van der Waals surface area contributed by atoms with E-state index in [0.29, 0.717) is 24.9 Å². The van der Waals surface area contributed by atoms with E-state index in [4.69, 9.17) is 9.57 Å². The van der Waals surface area contributed by atoms with Crippen molar-refractivity contribution >= 4 is 27.6 Å². The summed E-state index contributed by atoms with van der Waals surface area (Å²) in [5, 5.41) is 12.6. The number of amides is 1. The molecule has 1 aliphatic heterocycles. The van der Waals surface area contributed by atoms with E-state index < -0.39 is 32.9 Å². The summed E-state index contributed by atoms with van der Waals surface area (Å²) in [6.45, 7) is 12.2. The summed E-state index contributed by atoms with van der Waals surface area (Å²) in [4.78, 5) is 30.2. The van der Waals surface area contributed by atoms with Crippen LogP contribution in [0, 0.1) is 12.3 Å². The van der Waals surface area contributed by atoms with Gasteiger partial charge in [0.1, 0.15) is 11.4 Å². The lowest BCUT2D eigenvalue weighted by Gasteiger charge is -2.41. The normalized spacial score (nSPS) is 17.4. The predicted octanol–water partition coefficient (Wildman–Crippen LogP) is 9.02. The molecule has 0 fully saturated rings. The van der Waals surface area contributed by atoms with E-state index in [1.807, 2.05) is 58.0 Å². The Kier molecular flexibility index (Phi) is 15.1. The number of carbonyl (C=O) groups is 2. The lowest BCUT2D eigenvalue weighted by atomic mass is 9.70. The summed E-state index contributed by atoms with van der Waals surface area (Å²) in [5.74, 6) is -0.647. The number of hydrogen-bond donors (Lipinski definition) is 2. The zero-order chi connectivity index (χ0) is 38.7. The van der Waals surface area contributed by atoms with Crippen molar-refractivity contribution in [2.24, 2.45) is 5.41 Å². The van der Waals surface area contributed by atoms with Gasteiger partial charge in [-0.1, -0.05) is 113 Å². The molecule has 52 heavy (non-hydrogen) atoms. The average Bonchev–Trinajstić information content (AvgIpc) is 3.07. The monoisotopic (exact) mass is 734 g/mol. The summed E-state index contributed by atoms with van der Waals surface area (Å²) in [7, 11) is -0.306. The number of hydroxylamine groups is 2. The van der Waals surface area contributed by atoms with Crippen LogP contribution in [0.1, 0.15) is 107 Å². The minimum Gasteiger partial charge on any atom is -0.512 e. The summed E-state index contributed by atoms with van der Waals surface area (Å²) >= 11 is 0. The second-order valence-electron chi connectivity index (χ2n) is 14.9. The van der Waals surface area contributed by atoms with Crippen LogP contribution in [0.15, 0.2) is 90.2 Å². The van der Waals surface area contributed by atoms with Crippen LogP contribution in [-0.4, -0.2) is 56.5 Å². The third kappa shape index (κ3) is 12.2. The van der Waals surface area contributed by atoms with Crippen molar-refractivity contribution in [2.75, 3.05) is 25.1 Å². The molecule has 0 spiro atoms. The summed E-state index contributed by atoms with van der Waals surface area (Å²) < 4.78 is 32.1. The van der Waals surface area contributed by atoms with E-state index in [-0.39, 0.29) is 29.6 Å². The molecular weight excluding hydrogens is 677 g/mol. The molecule has 0 saturated carbocycles. The zero-order valence-electron chi connectivity index (χ0n) is 32.4. The number of ether oxygens (including phenoxy) is 1. The molecule has 1 amide bonds. The molecule has 3 aromatic rings. The first-order valence-electron chi connectivity index (χ1n) is 18.1. The van der Waals surface area contributed by atoms with Gasteiger partial charge in [-0.05, 0) is 72.8 Å². The number of carbonyl (C=O) groups excluding carboxylic acids is 2. The van der Waals surface area contributed by atoms with Crippen LogP contribution in [0.4, 0.5) is 5.69 Å². The Balaban J connectivity index is 0.000000359. The van der Waals surface area contributed by atoms with Gasteiger partial charge in [-0.15, -0.1) is 0 Å². The van der Waals surface area contributed by atoms with Crippen LogP contribution < -0.4 is 4.72 Å². The number of aliphatic hydroxyl groups is 1. The van der Waals surface area contributed by atoms with Crippen molar-refractivity contribution in [1.82, 2.24) is 5.06 Å². The minimum absolute atomic E-state index is 0.0147. The second-order valence-corrected chi connectivity index (χ2v) is 16.7. The van der Waals surface area contributed by atoms with Crippen LogP contribution in [0.5, 0.6) is 0 Å². The number of aryl methyl sites for hydroxylation is 2. The molecular formula is C42H58N2O7S. The quantitative estimate of drug-likeness (QED) is 0.125. The molecule has 3 aromatic carbocycles. The number of sulfonamides is 1. The van der Waals surface area contributed by atoms with E-state index in [1.54, 1.807) is 25.2 Å². The Bertz CT molecular complexity index is 1780. The van der Waals surface area contributed by atoms with Crippen LogP contribution in [-0.2, 0) is 35.6 Å². The maximum absolute atomic E-state index is 13.5. The van der Waals surface area contributed by atoms with E-state index in [1.165, 1.54) is 23.3 Å². The third-order valence-electron chi connectivity index (χ3n) is 9.48. The Labute approximate surface area is 311 Å². The number of anilines is 1. The first kappa shape index (κ1) is 42.3. The van der Waals surface area contributed by atoms with Gasteiger partial charge in [0, 0.05) is 31.5 Å². The highest BCUT2D eigenvalue weighted by atomic mass is 32.2. The van der Waals surface area contributed by atoms with Gasteiger partial charge in [0.05, 0.1) is 18.9 Å². The molecule has 3 atom stereocenters. The van der Waals surface area contributed by atoms with Gasteiger partial charge in [0.2, 0.25) is 15.9 Å². The number of rotatable bonds is 14. The topological polar surface area (TPSA) is 122 Å². The molecule has 4 rings (SSSR count). The fourth-order valence-electron chi connectivity index (χ4n) is 6.93. The van der Waals surface area contributed by atoms with Crippen molar-refractivity contribution in [3.8, 4) is 0 Å². The number of nitrogens with zero attached hydrogens (tertiary/aromatic N) is 1. The Morgan fingerprint density at radius 1 is 1.00 bits per heavy atom. The standard InChI is InChI=1S/C28H37NO5S.C14H21NO2/c1-6-16-28(17-15-20-11-8-7-9-12-20)19-23(30)24(26(31)34-28)25(27(2,3)4)21-13-10-14-22(18-21)29-35(5,32)33;1-5-12(10-14(16)15(3)17-4)13-8-6-7-11(2)9-13/h7-14,18,25,29-30H,6,15-17,19H2,1-5H3;6-9,12H,5,10H2,1-4H3/t25-,28-;12-/m01/s1. The molecule has 0 saturated heterocycles. The first-order valence-corrected chi connectivity index (χ1v) is 19.9. The second kappa shape index (κ2) is 18.6. The molecule has 0 unspecified atom stereocenters. The molecule has 284 valence electrons. The highest BCUT2D eigenvalue weighted by molar-refractivity contribution is 7.92. The lowest BCUT2D eigenvalue weighted by Crippen LogP contribution is -2.43. The first-order chi connectivity index (χ1) is 24.4. The van der Waals surface area contributed by atoms with E-state index in [9.17, 15) is 23.1 Å². The molecule has 0 aromatic heterocycles. The van der Waals surface area contributed by atoms with Gasteiger partial charge < -0.3 is 9.84 Å². The van der Waals surface area contributed by atoms with E-state index in [2.05, 4.69) is 48.9 Å². The fraction of sp³-hybridized carbons (Fsp3) is 0.476. The summed E-state index contributed by atoms with van der Waals surface area (Å²) in [6, 6.07) is 25.4. The van der Waals surface area contributed by atoms with Gasteiger partial charge in [0.15, 0.2) is 0 Å². The summed E-state index contributed by atoms with van der Waals surface area (Å²) in [5.41, 5.74) is 3.82. The van der Waals surface area contributed by atoms with Crippen LogP contribution in [0.3, 0.4) is 0 Å².